The molecule has 0 aliphatic rings. The van der Waals surface area contributed by atoms with Gasteiger partial charge >= 0.3 is 0 Å². The van der Waals surface area contributed by atoms with Gasteiger partial charge in [-0.05, 0) is 23.8 Å². The lowest BCUT2D eigenvalue weighted by atomic mass is 10.2. The van der Waals surface area contributed by atoms with Gasteiger partial charge in [-0.15, -0.1) is 0 Å². The zero-order chi connectivity index (χ0) is 12.8. The lowest BCUT2D eigenvalue weighted by Crippen LogP contribution is -1.91. The number of pyridine rings is 1. The molecule has 0 bridgehead atoms. The van der Waals surface area contributed by atoms with Crippen molar-refractivity contribution in [3.05, 3.63) is 53.7 Å². The summed E-state index contributed by atoms with van der Waals surface area (Å²) in [5.74, 6) is 1.16. The lowest BCUT2D eigenvalue weighted by Gasteiger charge is -2.06. The molecule has 18 heavy (non-hydrogen) atoms. The second kappa shape index (κ2) is 5.80. The predicted octanol–water partition coefficient (Wildman–Crippen LogP) is 2.89. The Kier molecular flexibility index (Phi) is 3.90. The van der Waals surface area contributed by atoms with E-state index >= 15 is 0 Å². The predicted molar refractivity (Wildman–Crippen MR) is 66.2 cm³/mol. The topological polar surface area (TPSA) is 55.1 Å². The highest BCUT2D eigenvalue weighted by atomic mass is 16.5. The summed E-state index contributed by atoms with van der Waals surface area (Å²) < 4.78 is 10.6. The Bertz CT molecular complexity index is 559. The molecule has 0 saturated carbocycles. The Balaban J connectivity index is 2.12. The number of hydrogen-bond donors (Lipinski definition) is 0. The zero-order valence-electron chi connectivity index (χ0n) is 9.96. The molecule has 0 N–H and O–H groups in total. The van der Waals surface area contributed by atoms with Crippen LogP contribution in [0.2, 0.25) is 0 Å². The molecule has 2 rings (SSSR count). The Morgan fingerprint density at radius 2 is 2.17 bits per heavy atom. The van der Waals surface area contributed by atoms with Crippen molar-refractivity contribution in [3.63, 3.8) is 0 Å². The van der Waals surface area contributed by atoms with Crippen molar-refractivity contribution >= 4 is 0 Å². The number of rotatable bonds is 4. The van der Waals surface area contributed by atoms with Crippen molar-refractivity contribution < 1.29 is 9.47 Å². The third-order valence-electron chi connectivity index (χ3n) is 2.30. The largest absolute Gasteiger partial charge is 0.439 e. The number of nitrogens with zero attached hydrogens (tertiary/aromatic N) is 2. The SMILES string of the molecule is COCc1cccc(Oc2ccc(C#N)cn2)c1. The molecular weight excluding hydrogens is 228 g/mol. The molecule has 90 valence electrons. The molecule has 0 amide bonds. The van der Waals surface area contributed by atoms with E-state index in [1.807, 2.05) is 30.3 Å². The summed E-state index contributed by atoms with van der Waals surface area (Å²) in [7, 11) is 1.65. The van der Waals surface area contributed by atoms with Gasteiger partial charge in [0.25, 0.3) is 0 Å². The minimum Gasteiger partial charge on any atom is -0.439 e. The third-order valence-corrected chi connectivity index (χ3v) is 2.30. The van der Waals surface area contributed by atoms with Gasteiger partial charge in [-0.1, -0.05) is 12.1 Å². The van der Waals surface area contributed by atoms with Gasteiger partial charge in [0.15, 0.2) is 0 Å². The van der Waals surface area contributed by atoms with Crippen LogP contribution in [0.3, 0.4) is 0 Å². The van der Waals surface area contributed by atoms with E-state index in [1.54, 1.807) is 19.2 Å². The fourth-order valence-electron chi connectivity index (χ4n) is 1.49. The van der Waals surface area contributed by atoms with E-state index in [4.69, 9.17) is 14.7 Å². The first kappa shape index (κ1) is 12.1. The summed E-state index contributed by atoms with van der Waals surface area (Å²) in [6.45, 7) is 0.540. The third kappa shape index (κ3) is 3.06. The number of benzene rings is 1. The van der Waals surface area contributed by atoms with Crippen molar-refractivity contribution in [1.29, 1.82) is 5.26 Å². The number of hydrogen-bond acceptors (Lipinski definition) is 4. The van der Waals surface area contributed by atoms with Gasteiger partial charge in [0.05, 0.1) is 12.2 Å². The fraction of sp³-hybridized carbons (Fsp3) is 0.143. The van der Waals surface area contributed by atoms with Crippen LogP contribution in [-0.2, 0) is 11.3 Å². The van der Waals surface area contributed by atoms with Crippen LogP contribution in [0.4, 0.5) is 0 Å². The summed E-state index contributed by atoms with van der Waals surface area (Å²) in [4.78, 5) is 4.04. The number of ether oxygens (including phenoxy) is 2. The Morgan fingerprint density at radius 3 is 2.83 bits per heavy atom. The monoisotopic (exact) mass is 240 g/mol. The van der Waals surface area contributed by atoms with E-state index in [-0.39, 0.29) is 0 Å². The first-order chi connectivity index (χ1) is 8.81. The van der Waals surface area contributed by atoms with Crippen molar-refractivity contribution in [3.8, 4) is 17.7 Å². The molecule has 1 heterocycles. The normalized spacial score (nSPS) is 9.78. The zero-order valence-corrected chi connectivity index (χ0v) is 9.96. The Hall–Kier alpha value is -2.38. The fourth-order valence-corrected chi connectivity index (χ4v) is 1.49. The molecule has 4 nitrogen and oxygen atoms in total. The van der Waals surface area contributed by atoms with E-state index in [0.717, 1.165) is 5.56 Å². The molecular formula is C14H12N2O2. The molecule has 0 atom stereocenters. The van der Waals surface area contributed by atoms with Gasteiger partial charge in [-0.2, -0.15) is 5.26 Å². The first-order valence-electron chi connectivity index (χ1n) is 5.43. The van der Waals surface area contributed by atoms with Gasteiger partial charge in [0.1, 0.15) is 11.8 Å². The minimum absolute atomic E-state index is 0.462. The van der Waals surface area contributed by atoms with E-state index in [1.165, 1.54) is 6.20 Å². The number of nitriles is 1. The van der Waals surface area contributed by atoms with Crippen LogP contribution in [0.1, 0.15) is 11.1 Å². The maximum absolute atomic E-state index is 8.67. The Morgan fingerprint density at radius 1 is 1.28 bits per heavy atom. The van der Waals surface area contributed by atoms with Crippen molar-refractivity contribution in [2.45, 2.75) is 6.61 Å². The molecule has 0 fully saturated rings. The van der Waals surface area contributed by atoms with Crippen LogP contribution in [-0.4, -0.2) is 12.1 Å². The molecule has 0 radical (unpaired) electrons. The van der Waals surface area contributed by atoms with Gasteiger partial charge in [0.2, 0.25) is 5.88 Å². The highest BCUT2D eigenvalue weighted by Gasteiger charge is 2.00. The molecule has 1 aromatic carbocycles. The quantitative estimate of drug-likeness (QED) is 0.824. The highest BCUT2D eigenvalue weighted by Crippen LogP contribution is 2.20. The van der Waals surface area contributed by atoms with Crippen LogP contribution < -0.4 is 4.74 Å². The van der Waals surface area contributed by atoms with E-state index in [9.17, 15) is 0 Å². The summed E-state index contributed by atoms with van der Waals surface area (Å²) in [6, 6.07) is 12.9. The van der Waals surface area contributed by atoms with Crippen molar-refractivity contribution in [2.24, 2.45) is 0 Å². The Labute approximate surface area is 105 Å². The number of aromatic nitrogens is 1. The molecule has 0 unspecified atom stereocenters. The molecule has 0 saturated heterocycles. The smallest absolute Gasteiger partial charge is 0.219 e. The molecule has 4 heteroatoms. The second-order valence-corrected chi connectivity index (χ2v) is 3.68. The standard InChI is InChI=1S/C14H12N2O2/c1-17-10-11-3-2-4-13(7-11)18-14-6-5-12(8-15)9-16-14/h2-7,9H,10H2,1H3. The molecule has 0 spiro atoms. The van der Waals surface area contributed by atoms with Crippen LogP contribution in [0, 0.1) is 11.3 Å². The number of methoxy groups -OCH3 is 1. The maximum Gasteiger partial charge on any atom is 0.219 e. The molecule has 2 aromatic rings. The maximum atomic E-state index is 8.67. The van der Waals surface area contributed by atoms with E-state index < -0.39 is 0 Å². The van der Waals surface area contributed by atoms with Crippen LogP contribution in [0.15, 0.2) is 42.6 Å². The minimum atomic E-state index is 0.462. The van der Waals surface area contributed by atoms with Gasteiger partial charge in [0, 0.05) is 19.4 Å². The summed E-state index contributed by atoms with van der Waals surface area (Å²) in [6.07, 6.45) is 1.48. The molecule has 0 aliphatic heterocycles. The van der Waals surface area contributed by atoms with Crippen molar-refractivity contribution in [2.75, 3.05) is 7.11 Å². The second-order valence-electron chi connectivity index (χ2n) is 3.68. The van der Waals surface area contributed by atoms with Crippen LogP contribution in [0.5, 0.6) is 11.6 Å². The van der Waals surface area contributed by atoms with Crippen LogP contribution >= 0.6 is 0 Å². The summed E-state index contributed by atoms with van der Waals surface area (Å²) in [5, 5.41) is 8.67. The van der Waals surface area contributed by atoms with E-state index in [0.29, 0.717) is 23.8 Å². The van der Waals surface area contributed by atoms with Gasteiger partial charge < -0.3 is 9.47 Å². The van der Waals surface area contributed by atoms with Gasteiger partial charge in [-0.3, -0.25) is 0 Å². The van der Waals surface area contributed by atoms with Crippen LogP contribution in [0.25, 0.3) is 0 Å². The summed E-state index contributed by atoms with van der Waals surface area (Å²) in [5.41, 5.74) is 1.54. The molecule has 0 aliphatic carbocycles. The van der Waals surface area contributed by atoms with Gasteiger partial charge in [-0.25, -0.2) is 4.98 Å². The lowest BCUT2D eigenvalue weighted by molar-refractivity contribution is 0.184. The first-order valence-corrected chi connectivity index (χ1v) is 5.43. The highest BCUT2D eigenvalue weighted by molar-refractivity contribution is 5.33. The average Bonchev–Trinajstić information content (AvgIpc) is 2.40. The van der Waals surface area contributed by atoms with E-state index in [2.05, 4.69) is 4.98 Å². The average molecular weight is 240 g/mol. The summed E-state index contributed by atoms with van der Waals surface area (Å²) >= 11 is 0. The van der Waals surface area contributed by atoms with Crippen molar-refractivity contribution in [1.82, 2.24) is 4.98 Å². The molecule has 1 aromatic heterocycles.